The first-order valence-corrected chi connectivity index (χ1v) is 36.2. The average Bonchev–Trinajstić information content (AvgIpc) is 3.41. The number of quaternary nitrogens is 1. The van der Waals surface area contributed by atoms with Gasteiger partial charge in [-0.2, -0.15) is 0 Å². The van der Waals surface area contributed by atoms with E-state index in [0.29, 0.717) is 17.4 Å². The lowest BCUT2D eigenvalue weighted by molar-refractivity contribution is -0.870. The molecule has 0 aliphatic heterocycles. The third kappa shape index (κ3) is 62.6. The maximum atomic E-state index is 13.0. The van der Waals surface area contributed by atoms with E-state index in [9.17, 15) is 19.4 Å². The Kier molecular flexibility index (Phi) is 59.8. The van der Waals surface area contributed by atoms with Gasteiger partial charge in [0.25, 0.3) is 7.82 Å². The van der Waals surface area contributed by atoms with Crippen molar-refractivity contribution < 1.29 is 32.9 Å². The molecule has 0 aliphatic carbocycles. The Morgan fingerprint density at radius 3 is 1.04 bits per heavy atom. The fourth-order valence-electron chi connectivity index (χ4n) is 10.8. The summed E-state index contributed by atoms with van der Waals surface area (Å²) in [6, 6.07) is -0.901. The quantitative estimate of drug-likeness (QED) is 0.0272. The summed E-state index contributed by atoms with van der Waals surface area (Å²) >= 11 is 0. The Balaban J connectivity index is 3.99. The zero-order valence-electron chi connectivity index (χ0n) is 53.2. The molecule has 78 heavy (non-hydrogen) atoms. The molecular weight excluding hydrogens is 984 g/mol. The first kappa shape index (κ1) is 77.0. The second kappa shape index (κ2) is 60.6. The van der Waals surface area contributed by atoms with Crippen molar-refractivity contribution in [2.24, 2.45) is 0 Å². The summed E-state index contributed by atoms with van der Waals surface area (Å²) in [4.78, 5) is 25.6. The first-order chi connectivity index (χ1) is 38.0. The highest BCUT2D eigenvalue weighted by molar-refractivity contribution is 7.45. The van der Waals surface area contributed by atoms with Crippen LogP contribution in [0.5, 0.6) is 0 Å². The number of hydrogen-bond acceptors (Lipinski definition) is 6. The highest BCUT2D eigenvalue weighted by Gasteiger charge is 2.23. The number of amides is 1. The van der Waals surface area contributed by atoms with Gasteiger partial charge >= 0.3 is 0 Å². The second-order valence-corrected chi connectivity index (χ2v) is 26.7. The van der Waals surface area contributed by atoms with Crippen molar-refractivity contribution >= 4 is 13.7 Å². The van der Waals surface area contributed by atoms with E-state index in [0.717, 1.165) is 38.5 Å². The van der Waals surface area contributed by atoms with Gasteiger partial charge in [-0.25, -0.2) is 0 Å². The SMILES string of the molecule is CCCCCCCCCCCCCCCCC/C=C/CC/C=C/C(O)C(COP(=O)([O-])OCC[N+](C)(C)C)NC(=O)CCCCCCCCCCCCCCCCCCCCCCCCCCCCCCCCCCCCC. The maximum Gasteiger partial charge on any atom is 0.268 e. The number of unbranched alkanes of at least 4 members (excludes halogenated alkanes) is 50. The number of nitrogens with one attached hydrogen (secondary N) is 1. The van der Waals surface area contributed by atoms with Gasteiger partial charge in [-0.1, -0.05) is 346 Å². The van der Waals surface area contributed by atoms with E-state index >= 15 is 0 Å². The van der Waals surface area contributed by atoms with Crippen molar-refractivity contribution in [3.8, 4) is 0 Å². The maximum absolute atomic E-state index is 13.0. The number of likely N-dealkylation sites (N-methyl/N-ethyl adjacent to an activating group) is 1. The highest BCUT2D eigenvalue weighted by atomic mass is 31.2. The fourth-order valence-corrected chi connectivity index (χ4v) is 11.5. The van der Waals surface area contributed by atoms with Crippen molar-refractivity contribution in [2.75, 3.05) is 40.9 Å². The van der Waals surface area contributed by atoms with E-state index in [1.54, 1.807) is 6.08 Å². The Hall–Kier alpha value is -1.02. The molecule has 0 radical (unpaired) electrons. The number of aliphatic hydroxyl groups is 1. The van der Waals surface area contributed by atoms with E-state index in [-0.39, 0.29) is 19.1 Å². The molecule has 0 aromatic carbocycles. The topological polar surface area (TPSA) is 108 Å². The Bertz CT molecular complexity index is 1320. The molecule has 2 N–H and O–H groups in total. The van der Waals surface area contributed by atoms with Crippen molar-refractivity contribution in [1.29, 1.82) is 0 Å². The lowest BCUT2D eigenvalue weighted by atomic mass is 10.0. The molecule has 0 spiro atoms. The van der Waals surface area contributed by atoms with Crippen LogP contribution in [0.1, 0.15) is 361 Å². The number of phosphoric acid groups is 1. The molecule has 0 aromatic heterocycles. The van der Waals surface area contributed by atoms with Crippen molar-refractivity contribution in [2.45, 2.75) is 373 Å². The molecule has 0 fully saturated rings. The van der Waals surface area contributed by atoms with Crippen LogP contribution in [0.25, 0.3) is 0 Å². The van der Waals surface area contributed by atoms with Crippen molar-refractivity contribution in [3.63, 3.8) is 0 Å². The molecule has 0 aliphatic rings. The summed E-state index contributed by atoms with van der Waals surface area (Å²) in [5, 5.41) is 13.9. The van der Waals surface area contributed by atoms with Gasteiger partial charge < -0.3 is 28.8 Å². The Morgan fingerprint density at radius 1 is 0.436 bits per heavy atom. The van der Waals surface area contributed by atoms with Crippen LogP contribution < -0.4 is 10.2 Å². The lowest BCUT2D eigenvalue weighted by Crippen LogP contribution is -2.45. The Labute approximate surface area is 487 Å². The molecule has 0 bridgehead atoms. The minimum Gasteiger partial charge on any atom is -0.756 e. The number of allylic oxidation sites excluding steroid dienone is 3. The highest BCUT2D eigenvalue weighted by Crippen LogP contribution is 2.38. The molecule has 0 heterocycles. The average molecular weight is 1120 g/mol. The van der Waals surface area contributed by atoms with Crippen LogP contribution >= 0.6 is 7.82 Å². The van der Waals surface area contributed by atoms with Gasteiger partial charge in [-0.15, -0.1) is 0 Å². The third-order valence-corrected chi connectivity index (χ3v) is 17.1. The van der Waals surface area contributed by atoms with Gasteiger partial charge in [-0.05, 0) is 32.1 Å². The number of hydrogen-bond donors (Lipinski definition) is 2. The van der Waals surface area contributed by atoms with Gasteiger partial charge in [0.2, 0.25) is 5.91 Å². The van der Waals surface area contributed by atoms with E-state index in [4.69, 9.17) is 9.05 Å². The van der Waals surface area contributed by atoms with Crippen LogP contribution in [-0.2, 0) is 18.4 Å². The number of carbonyl (C=O) groups is 1. The van der Waals surface area contributed by atoms with Crippen molar-refractivity contribution in [3.05, 3.63) is 24.3 Å². The van der Waals surface area contributed by atoms with Crippen LogP contribution in [-0.4, -0.2) is 68.5 Å². The first-order valence-electron chi connectivity index (χ1n) is 34.7. The Morgan fingerprint density at radius 2 is 0.718 bits per heavy atom. The minimum atomic E-state index is -4.61. The number of aliphatic hydroxyl groups excluding tert-OH is 1. The summed E-state index contributed by atoms with van der Waals surface area (Å²) in [6.45, 7) is 4.69. The van der Waals surface area contributed by atoms with Gasteiger partial charge in [-0.3, -0.25) is 9.36 Å². The monoisotopic (exact) mass is 1120 g/mol. The summed E-state index contributed by atoms with van der Waals surface area (Å²) in [7, 11) is 1.26. The molecule has 0 rings (SSSR count). The normalized spacial score (nSPS) is 13.8. The standard InChI is InChI=1S/C69H137N2O6P/c1-6-8-10-12-14-16-18-20-22-24-26-28-29-30-31-32-33-34-35-36-37-38-39-40-41-43-45-47-49-51-53-55-57-59-61-63-69(73)70-67(66-77-78(74,75)76-65-64-71(3,4)5)68(72)62-60-58-56-54-52-50-48-46-44-42-27-25-23-21-19-17-15-13-11-9-7-2/h52,54,60,62,67-68,72H,6-51,53,55-59,61,63-66H2,1-5H3,(H-,70,73,74,75)/b54-52+,62-60+. The summed E-state index contributed by atoms with van der Waals surface area (Å²) in [5.74, 6) is -0.199. The molecule has 0 saturated carbocycles. The lowest BCUT2D eigenvalue weighted by Gasteiger charge is -2.29. The minimum absolute atomic E-state index is 0.00350. The number of phosphoric ester groups is 1. The van der Waals surface area contributed by atoms with E-state index in [2.05, 4.69) is 31.3 Å². The molecule has 0 aromatic rings. The predicted molar refractivity (Wildman–Crippen MR) is 339 cm³/mol. The number of carbonyl (C=O) groups excluding carboxylic acids is 1. The largest absolute Gasteiger partial charge is 0.756 e. The molecule has 0 saturated heterocycles. The van der Waals surface area contributed by atoms with E-state index in [1.807, 2.05) is 27.2 Å². The molecule has 9 heteroatoms. The molecule has 464 valence electrons. The summed E-state index contributed by atoms with van der Waals surface area (Å²) in [5.41, 5.74) is 0. The van der Waals surface area contributed by atoms with Gasteiger partial charge in [0.15, 0.2) is 0 Å². The molecular formula is C69H137N2O6P. The predicted octanol–water partition coefficient (Wildman–Crippen LogP) is 21.3. The second-order valence-electron chi connectivity index (χ2n) is 25.2. The third-order valence-electron chi connectivity index (χ3n) is 16.2. The molecule has 3 unspecified atom stereocenters. The molecule has 3 atom stereocenters. The van der Waals surface area contributed by atoms with Crippen LogP contribution in [0.2, 0.25) is 0 Å². The van der Waals surface area contributed by atoms with Gasteiger partial charge in [0.1, 0.15) is 13.2 Å². The number of nitrogens with zero attached hydrogens (tertiary/aromatic N) is 1. The summed E-state index contributed by atoms with van der Waals surface area (Å²) < 4.78 is 23.4. The van der Waals surface area contributed by atoms with Crippen LogP contribution in [0.4, 0.5) is 0 Å². The van der Waals surface area contributed by atoms with Crippen LogP contribution in [0.3, 0.4) is 0 Å². The number of rotatable bonds is 65. The van der Waals surface area contributed by atoms with Crippen molar-refractivity contribution in [1.82, 2.24) is 5.32 Å². The van der Waals surface area contributed by atoms with E-state index in [1.165, 1.54) is 302 Å². The summed E-state index contributed by atoms with van der Waals surface area (Å²) in [6.07, 6.45) is 78.9. The van der Waals surface area contributed by atoms with Crippen LogP contribution in [0.15, 0.2) is 24.3 Å². The van der Waals surface area contributed by atoms with E-state index < -0.39 is 20.0 Å². The van der Waals surface area contributed by atoms with Gasteiger partial charge in [0.05, 0.1) is 39.9 Å². The molecule has 1 amide bonds. The molecule has 8 nitrogen and oxygen atoms in total. The van der Waals surface area contributed by atoms with Gasteiger partial charge in [0, 0.05) is 6.42 Å². The smallest absolute Gasteiger partial charge is 0.268 e. The zero-order valence-corrected chi connectivity index (χ0v) is 54.0. The van der Waals surface area contributed by atoms with Crippen LogP contribution in [0, 0.1) is 0 Å². The zero-order chi connectivity index (χ0) is 57.0. The fraction of sp³-hybridized carbons (Fsp3) is 0.928.